The Labute approximate surface area is 188 Å². The Hall–Kier alpha value is -3.78. The van der Waals surface area contributed by atoms with E-state index >= 15 is 0 Å². The van der Waals surface area contributed by atoms with Crippen molar-refractivity contribution in [2.45, 2.75) is 20.0 Å². The van der Waals surface area contributed by atoms with E-state index in [4.69, 9.17) is 4.74 Å². The number of aromatic nitrogens is 4. The number of rotatable bonds is 7. The van der Waals surface area contributed by atoms with Crippen LogP contribution >= 0.6 is 11.3 Å². The average Bonchev–Trinajstić information content (AvgIpc) is 3.50. The van der Waals surface area contributed by atoms with E-state index in [1.165, 1.54) is 0 Å². The lowest BCUT2D eigenvalue weighted by Gasteiger charge is -2.23. The summed E-state index contributed by atoms with van der Waals surface area (Å²) in [5, 5.41) is 15.3. The van der Waals surface area contributed by atoms with Gasteiger partial charge in [0.05, 0.1) is 12.1 Å². The fourth-order valence-electron chi connectivity index (χ4n) is 3.68. The van der Waals surface area contributed by atoms with Crippen LogP contribution in [0.4, 0.5) is 0 Å². The number of tetrazole rings is 1. The maximum Gasteiger partial charge on any atom is 0.261 e. The molecule has 0 N–H and O–H groups in total. The van der Waals surface area contributed by atoms with Crippen LogP contribution in [-0.4, -0.2) is 37.5 Å². The van der Waals surface area contributed by atoms with Gasteiger partial charge in [0.2, 0.25) is 0 Å². The first-order valence-electron chi connectivity index (χ1n) is 10.3. The molecule has 0 spiro atoms. The lowest BCUT2D eigenvalue weighted by Crippen LogP contribution is -2.34. The van der Waals surface area contributed by atoms with E-state index in [1.807, 2.05) is 60.0 Å². The lowest BCUT2D eigenvalue weighted by atomic mass is 10.1. The van der Waals surface area contributed by atoms with Crippen molar-refractivity contribution < 1.29 is 9.53 Å². The number of carbonyl (C=O) groups is 1. The molecule has 3 heterocycles. The van der Waals surface area contributed by atoms with Gasteiger partial charge in [0.1, 0.15) is 5.75 Å². The molecule has 1 amide bonds. The summed E-state index contributed by atoms with van der Waals surface area (Å²) < 4.78 is 7.47. The van der Waals surface area contributed by atoms with Gasteiger partial charge in [0.15, 0.2) is 12.3 Å². The molecule has 32 heavy (non-hydrogen) atoms. The highest BCUT2D eigenvalue weighted by Crippen LogP contribution is 2.23. The molecule has 160 valence electrons. The summed E-state index contributed by atoms with van der Waals surface area (Å²) >= 11 is 1.62. The van der Waals surface area contributed by atoms with E-state index < -0.39 is 0 Å². The average molecular weight is 444 g/mol. The van der Waals surface area contributed by atoms with Crippen molar-refractivity contribution in [1.29, 1.82) is 0 Å². The molecule has 0 bridgehead atoms. The molecular formula is C24H21N5O2S. The number of ether oxygens (including phenoxy) is 1. The lowest BCUT2D eigenvalue weighted by molar-refractivity contribution is -0.134. The number of fused-ring (bicyclic) bond motifs is 3. The smallest absolute Gasteiger partial charge is 0.261 e. The van der Waals surface area contributed by atoms with E-state index in [9.17, 15) is 4.79 Å². The number of para-hydroxylation sites is 1. The zero-order valence-electron chi connectivity index (χ0n) is 17.5. The Morgan fingerprint density at radius 1 is 1.06 bits per heavy atom. The topological polar surface area (TPSA) is 72.6 Å². The predicted octanol–water partition coefficient (Wildman–Crippen LogP) is 4.26. The summed E-state index contributed by atoms with van der Waals surface area (Å²) in [7, 11) is 0. The highest BCUT2D eigenvalue weighted by atomic mass is 32.1. The first-order valence-corrected chi connectivity index (χ1v) is 11.1. The number of nitrogens with zero attached hydrogens (tertiary/aromatic N) is 5. The number of thiophene rings is 1. The monoisotopic (exact) mass is 443 g/mol. The predicted molar refractivity (Wildman–Crippen MR) is 124 cm³/mol. The molecule has 3 aromatic heterocycles. The SMILES string of the molecule is Cc1ccc2c(c1)cc(CN(Cc1cccs1)C(=O)COc1ccccc1)c1nnnn12. The molecule has 0 aliphatic heterocycles. The van der Waals surface area contributed by atoms with E-state index in [-0.39, 0.29) is 12.5 Å². The zero-order valence-corrected chi connectivity index (χ0v) is 18.3. The molecule has 0 unspecified atom stereocenters. The van der Waals surface area contributed by atoms with Crippen LogP contribution in [0.25, 0.3) is 16.6 Å². The Bertz CT molecular complexity index is 1370. The highest BCUT2D eigenvalue weighted by molar-refractivity contribution is 7.09. The van der Waals surface area contributed by atoms with Gasteiger partial charge in [-0.1, -0.05) is 35.9 Å². The molecule has 0 radical (unpaired) electrons. The van der Waals surface area contributed by atoms with Crippen LogP contribution < -0.4 is 4.74 Å². The molecule has 2 aromatic carbocycles. The standard InChI is InChI=1S/C24H21N5O2S/c1-17-9-10-22-18(12-17)13-19(24-25-26-27-29(22)24)14-28(15-21-8-5-11-32-21)23(30)16-31-20-6-3-2-4-7-20/h2-13H,14-16H2,1H3. The van der Waals surface area contributed by atoms with Gasteiger partial charge in [0.25, 0.3) is 5.91 Å². The third kappa shape index (κ3) is 4.17. The molecule has 5 aromatic rings. The third-order valence-corrected chi connectivity index (χ3v) is 6.11. The van der Waals surface area contributed by atoms with Gasteiger partial charge in [-0.05, 0) is 59.1 Å². The Kier molecular flexibility index (Phi) is 5.51. The minimum absolute atomic E-state index is 0.0384. The second-order valence-corrected chi connectivity index (χ2v) is 8.61. The van der Waals surface area contributed by atoms with Gasteiger partial charge in [-0.15, -0.1) is 16.4 Å². The summed E-state index contributed by atoms with van der Waals surface area (Å²) in [6.07, 6.45) is 0. The van der Waals surface area contributed by atoms with Gasteiger partial charge in [-0.3, -0.25) is 4.79 Å². The minimum Gasteiger partial charge on any atom is -0.484 e. The summed E-state index contributed by atoms with van der Waals surface area (Å²) in [6, 6.07) is 21.6. The van der Waals surface area contributed by atoms with Crippen LogP contribution in [0.15, 0.2) is 72.1 Å². The first kappa shape index (κ1) is 20.1. The van der Waals surface area contributed by atoms with Crippen molar-refractivity contribution in [2.24, 2.45) is 0 Å². The Morgan fingerprint density at radius 2 is 1.94 bits per heavy atom. The van der Waals surface area contributed by atoms with Gasteiger partial charge in [-0.25, -0.2) is 0 Å². The van der Waals surface area contributed by atoms with E-state index in [2.05, 4.69) is 34.6 Å². The van der Waals surface area contributed by atoms with Crippen LogP contribution in [0.1, 0.15) is 16.0 Å². The molecule has 8 heteroatoms. The third-order valence-electron chi connectivity index (χ3n) is 5.24. The molecule has 0 aliphatic carbocycles. The zero-order chi connectivity index (χ0) is 21.9. The summed E-state index contributed by atoms with van der Waals surface area (Å²) in [6.45, 7) is 2.89. The van der Waals surface area contributed by atoms with Crippen LogP contribution in [0.3, 0.4) is 0 Å². The Balaban J connectivity index is 1.46. The van der Waals surface area contributed by atoms with Gasteiger partial charge < -0.3 is 9.64 Å². The second kappa shape index (κ2) is 8.76. The molecular weight excluding hydrogens is 422 g/mol. The molecule has 5 rings (SSSR count). The maximum absolute atomic E-state index is 13.2. The molecule has 0 aliphatic rings. The van der Waals surface area contributed by atoms with Crippen LogP contribution in [-0.2, 0) is 17.9 Å². The number of hydrogen-bond acceptors (Lipinski definition) is 6. The van der Waals surface area contributed by atoms with E-state index in [0.29, 0.717) is 24.5 Å². The van der Waals surface area contributed by atoms with Crippen molar-refractivity contribution in [2.75, 3.05) is 6.61 Å². The molecule has 0 saturated carbocycles. The van der Waals surface area contributed by atoms with E-state index in [0.717, 1.165) is 26.9 Å². The first-order chi connectivity index (χ1) is 15.7. The highest BCUT2D eigenvalue weighted by Gasteiger charge is 2.19. The van der Waals surface area contributed by atoms with Crippen molar-refractivity contribution in [3.8, 4) is 5.75 Å². The number of amides is 1. The maximum atomic E-state index is 13.2. The van der Waals surface area contributed by atoms with E-state index in [1.54, 1.807) is 20.8 Å². The van der Waals surface area contributed by atoms with Crippen molar-refractivity contribution in [3.63, 3.8) is 0 Å². The quantitative estimate of drug-likeness (QED) is 0.376. The van der Waals surface area contributed by atoms with Crippen molar-refractivity contribution in [1.82, 2.24) is 24.9 Å². The summed E-state index contributed by atoms with van der Waals surface area (Å²) in [5.41, 5.74) is 3.62. The Morgan fingerprint density at radius 3 is 2.75 bits per heavy atom. The second-order valence-electron chi connectivity index (χ2n) is 7.58. The van der Waals surface area contributed by atoms with Gasteiger partial charge in [0, 0.05) is 22.4 Å². The fraction of sp³-hybridized carbons (Fsp3) is 0.167. The largest absolute Gasteiger partial charge is 0.484 e. The van der Waals surface area contributed by atoms with Crippen LogP contribution in [0.2, 0.25) is 0 Å². The van der Waals surface area contributed by atoms with Gasteiger partial charge in [-0.2, -0.15) is 4.52 Å². The van der Waals surface area contributed by atoms with Crippen molar-refractivity contribution in [3.05, 3.63) is 88.1 Å². The summed E-state index contributed by atoms with van der Waals surface area (Å²) in [5.74, 6) is 0.569. The summed E-state index contributed by atoms with van der Waals surface area (Å²) in [4.78, 5) is 16.1. The number of aryl methyl sites for hydroxylation is 1. The minimum atomic E-state index is -0.0998. The molecule has 0 atom stereocenters. The van der Waals surface area contributed by atoms with Crippen LogP contribution in [0.5, 0.6) is 5.75 Å². The number of benzene rings is 2. The van der Waals surface area contributed by atoms with Gasteiger partial charge >= 0.3 is 0 Å². The molecule has 0 saturated heterocycles. The molecule has 0 fully saturated rings. The fourth-order valence-corrected chi connectivity index (χ4v) is 4.40. The number of pyridine rings is 1. The number of hydrogen-bond donors (Lipinski definition) is 0. The van der Waals surface area contributed by atoms with Crippen LogP contribution in [0, 0.1) is 6.92 Å². The number of carbonyl (C=O) groups excluding carboxylic acids is 1. The normalized spacial score (nSPS) is 11.2. The molecule has 7 nitrogen and oxygen atoms in total. The van der Waals surface area contributed by atoms with Crippen molar-refractivity contribution >= 4 is 33.8 Å².